The molecule has 20 heavy (non-hydrogen) atoms. The van der Waals surface area contributed by atoms with Crippen LogP contribution >= 0.6 is 0 Å². The molecule has 0 radical (unpaired) electrons. The normalized spacial score (nSPS) is 28.2. The van der Waals surface area contributed by atoms with Crippen LogP contribution in [0.25, 0.3) is 0 Å². The molecule has 2 rings (SSSR count). The van der Waals surface area contributed by atoms with Crippen LogP contribution in [-0.4, -0.2) is 66.6 Å². The summed E-state index contributed by atoms with van der Waals surface area (Å²) in [6.45, 7) is 12.3. The number of amides is 1. The summed E-state index contributed by atoms with van der Waals surface area (Å²) in [5, 5.41) is 3.42. The Labute approximate surface area is 122 Å². The smallest absolute Gasteiger partial charge is 0.239 e. The number of hydrogen-bond donors (Lipinski definition) is 2. The first-order valence-corrected chi connectivity index (χ1v) is 8.04. The van der Waals surface area contributed by atoms with E-state index >= 15 is 0 Å². The van der Waals surface area contributed by atoms with E-state index in [9.17, 15) is 4.79 Å². The first kappa shape index (κ1) is 15.7. The summed E-state index contributed by atoms with van der Waals surface area (Å²) in [6, 6.07) is 0.556. The van der Waals surface area contributed by atoms with Crippen molar-refractivity contribution in [3.05, 3.63) is 0 Å². The fourth-order valence-electron chi connectivity index (χ4n) is 3.62. The molecule has 2 unspecified atom stereocenters. The first-order valence-electron chi connectivity index (χ1n) is 8.04. The lowest BCUT2D eigenvalue weighted by Gasteiger charge is -2.43. The van der Waals surface area contributed by atoms with Crippen molar-refractivity contribution in [1.82, 2.24) is 15.1 Å². The quantitative estimate of drug-likeness (QED) is 0.703. The van der Waals surface area contributed by atoms with Gasteiger partial charge in [-0.25, -0.2) is 0 Å². The molecule has 5 heteroatoms. The van der Waals surface area contributed by atoms with Crippen LogP contribution in [0, 0.1) is 5.92 Å². The number of rotatable bonds is 7. The highest BCUT2D eigenvalue weighted by atomic mass is 16.1. The predicted molar refractivity (Wildman–Crippen MR) is 81.5 cm³/mol. The zero-order valence-corrected chi connectivity index (χ0v) is 13.2. The standard InChI is InChI=1S/C15H30N4O/c1-4-17-15(14(16)20,13-6-7-13)11-18-8-9-19(5-2)12(3)10-18/h12-13,17H,4-11H2,1-3H3,(H2,16,20). The van der Waals surface area contributed by atoms with Crippen molar-refractivity contribution in [2.24, 2.45) is 11.7 Å². The van der Waals surface area contributed by atoms with Gasteiger partial charge in [-0.05, 0) is 38.8 Å². The van der Waals surface area contributed by atoms with Gasteiger partial charge in [-0.15, -0.1) is 0 Å². The number of nitrogens with zero attached hydrogens (tertiary/aromatic N) is 2. The van der Waals surface area contributed by atoms with E-state index in [1.165, 1.54) is 0 Å². The molecule has 2 atom stereocenters. The maximum absolute atomic E-state index is 12.1. The van der Waals surface area contributed by atoms with E-state index in [-0.39, 0.29) is 5.91 Å². The summed E-state index contributed by atoms with van der Waals surface area (Å²) >= 11 is 0. The second kappa shape index (κ2) is 6.41. The van der Waals surface area contributed by atoms with Crippen LogP contribution in [0.4, 0.5) is 0 Å². The molecule has 1 saturated heterocycles. The molecule has 0 aromatic rings. The molecule has 1 amide bonds. The van der Waals surface area contributed by atoms with Crippen molar-refractivity contribution in [1.29, 1.82) is 0 Å². The van der Waals surface area contributed by atoms with Gasteiger partial charge in [-0.2, -0.15) is 0 Å². The van der Waals surface area contributed by atoms with Gasteiger partial charge in [0.05, 0.1) is 0 Å². The molecule has 0 aromatic heterocycles. The van der Waals surface area contributed by atoms with Crippen molar-refractivity contribution in [3.8, 4) is 0 Å². The topological polar surface area (TPSA) is 61.6 Å². The third kappa shape index (κ3) is 3.15. The number of carbonyl (C=O) groups is 1. The lowest BCUT2D eigenvalue weighted by atomic mass is 9.90. The Kier molecular flexibility index (Phi) is 5.04. The van der Waals surface area contributed by atoms with Gasteiger partial charge in [0.15, 0.2) is 0 Å². The minimum absolute atomic E-state index is 0.174. The molecule has 0 aromatic carbocycles. The van der Waals surface area contributed by atoms with Gasteiger partial charge in [0, 0.05) is 32.2 Å². The number of piperazine rings is 1. The third-order valence-electron chi connectivity index (χ3n) is 4.93. The van der Waals surface area contributed by atoms with Gasteiger partial charge in [-0.1, -0.05) is 13.8 Å². The molecule has 0 bridgehead atoms. The maximum Gasteiger partial charge on any atom is 0.239 e. The Bertz CT molecular complexity index is 345. The Hall–Kier alpha value is -0.650. The first-order chi connectivity index (χ1) is 9.53. The maximum atomic E-state index is 12.1. The summed E-state index contributed by atoms with van der Waals surface area (Å²) in [5.74, 6) is 0.256. The van der Waals surface area contributed by atoms with Crippen LogP contribution in [0.1, 0.15) is 33.6 Å². The number of nitrogens with one attached hydrogen (secondary N) is 1. The fourth-order valence-corrected chi connectivity index (χ4v) is 3.62. The molecule has 2 aliphatic rings. The average Bonchev–Trinajstić information content (AvgIpc) is 3.22. The van der Waals surface area contributed by atoms with Crippen LogP contribution < -0.4 is 11.1 Å². The summed E-state index contributed by atoms with van der Waals surface area (Å²) in [7, 11) is 0. The van der Waals surface area contributed by atoms with Crippen molar-refractivity contribution < 1.29 is 4.79 Å². The van der Waals surface area contributed by atoms with Crippen LogP contribution in [0.2, 0.25) is 0 Å². The zero-order valence-electron chi connectivity index (χ0n) is 13.2. The van der Waals surface area contributed by atoms with E-state index in [2.05, 4.69) is 35.9 Å². The molecule has 0 spiro atoms. The molecule has 3 N–H and O–H groups in total. The Morgan fingerprint density at radius 2 is 2.05 bits per heavy atom. The molecular weight excluding hydrogens is 252 g/mol. The van der Waals surface area contributed by atoms with Crippen LogP contribution in [0.15, 0.2) is 0 Å². The minimum atomic E-state index is -0.511. The summed E-state index contributed by atoms with van der Waals surface area (Å²) < 4.78 is 0. The van der Waals surface area contributed by atoms with Crippen molar-refractivity contribution >= 4 is 5.91 Å². The Morgan fingerprint density at radius 1 is 1.35 bits per heavy atom. The Balaban J connectivity index is 2.03. The molecule has 1 aliphatic heterocycles. The Morgan fingerprint density at radius 3 is 2.50 bits per heavy atom. The lowest BCUT2D eigenvalue weighted by Crippen LogP contribution is -2.65. The molecule has 1 aliphatic carbocycles. The van der Waals surface area contributed by atoms with Crippen molar-refractivity contribution in [2.75, 3.05) is 39.3 Å². The predicted octanol–water partition coefficient (Wildman–Crippen LogP) is 0.256. The fraction of sp³-hybridized carbons (Fsp3) is 0.933. The van der Waals surface area contributed by atoms with E-state index in [1.54, 1.807) is 0 Å². The summed E-state index contributed by atoms with van der Waals surface area (Å²) in [6.07, 6.45) is 2.25. The molecular formula is C15H30N4O. The van der Waals surface area contributed by atoms with Crippen LogP contribution in [-0.2, 0) is 4.79 Å². The lowest BCUT2D eigenvalue weighted by molar-refractivity contribution is -0.126. The monoisotopic (exact) mass is 282 g/mol. The number of likely N-dealkylation sites (N-methyl/N-ethyl adjacent to an activating group) is 2. The third-order valence-corrected chi connectivity index (χ3v) is 4.93. The zero-order chi connectivity index (χ0) is 14.8. The highest BCUT2D eigenvalue weighted by Crippen LogP contribution is 2.40. The van der Waals surface area contributed by atoms with E-state index in [0.29, 0.717) is 12.0 Å². The van der Waals surface area contributed by atoms with Gasteiger partial charge < -0.3 is 11.1 Å². The number of carbonyl (C=O) groups excluding carboxylic acids is 1. The summed E-state index contributed by atoms with van der Waals surface area (Å²) in [5.41, 5.74) is 5.25. The van der Waals surface area contributed by atoms with Crippen molar-refractivity contribution in [2.45, 2.75) is 45.2 Å². The van der Waals surface area contributed by atoms with E-state index in [0.717, 1.165) is 52.1 Å². The van der Waals surface area contributed by atoms with Crippen LogP contribution in [0.3, 0.4) is 0 Å². The number of primary amides is 1. The average molecular weight is 282 g/mol. The molecule has 1 heterocycles. The van der Waals surface area contributed by atoms with E-state index < -0.39 is 5.54 Å². The largest absolute Gasteiger partial charge is 0.368 e. The van der Waals surface area contributed by atoms with Gasteiger partial charge in [0.25, 0.3) is 0 Å². The van der Waals surface area contributed by atoms with E-state index in [4.69, 9.17) is 5.73 Å². The van der Waals surface area contributed by atoms with Crippen LogP contribution in [0.5, 0.6) is 0 Å². The van der Waals surface area contributed by atoms with Gasteiger partial charge >= 0.3 is 0 Å². The van der Waals surface area contributed by atoms with E-state index in [1.807, 2.05) is 0 Å². The molecule has 5 nitrogen and oxygen atoms in total. The van der Waals surface area contributed by atoms with Gasteiger partial charge in [0.2, 0.25) is 5.91 Å². The number of hydrogen-bond acceptors (Lipinski definition) is 4. The highest BCUT2D eigenvalue weighted by Gasteiger charge is 2.50. The second-order valence-electron chi connectivity index (χ2n) is 6.35. The summed E-state index contributed by atoms with van der Waals surface area (Å²) in [4.78, 5) is 17.0. The molecule has 116 valence electrons. The molecule has 2 fully saturated rings. The number of nitrogens with two attached hydrogens (primary N) is 1. The highest BCUT2D eigenvalue weighted by molar-refractivity contribution is 5.86. The molecule has 1 saturated carbocycles. The van der Waals surface area contributed by atoms with Gasteiger partial charge in [-0.3, -0.25) is 14.6 Å². The van der Waals surface area contributed by atoms with Gasteiger partial charge in [0.1, 0.15) is 5.54 Å². The SMILES string of the molecule is CCNC(CN1CCN(CC)C(C)C1)(C(N)=O)C1CC1. The minimum Gasteiger partial charge on any atom is -0.368 e. The van der Waals surface area contributed by atoms with Crippen molar-refractivity contribution in [3.63, 3.8) is 0 Å². The second-order valence-corrected chi connectivity index (χ2v) is 6.35.